The molecule has 0 spiro atoms. The number of para-hydroxylation sites is 1. The minimum atomic E-state index is 0.409. The van der Waals surface area contributed by atoms with Crippen molar-refractivity contribution in [2.45, 2.75) is 12.3 Å². The SMILES string of the molecule is C1=C(c2cccc(-c3cccc(-c4ccc5c(c4)sc4ccccc45)c3)c2)c2c(c3c4ccccc4ccc3n2-c2nc(-c3ccccc3)nc(-c3ccc4c(c3)oc3ccccc34)n2)C2CC12. The molecule has 0 aliphatic heterocycles. The number of benzene rings is 9. The maximum absolute atomic E-state index is 6.40. The molecule has 0 amide bonds. The van der Waals surface area contributed by atoms with Gasteiger partial charge in [-0.3, -0.25) is 4.57 Å². The van der Waals surface area contributed by atoms with Crippen molar-refractivity contribution in [1.82, 2.24) is 19.5 Å². The van der Waals surface area contributed by atoms with Crippen LogP contribution < -0.4 is 0 Å². The molecule has 0 saturated heterocycles. The number of hydrogen-bond donors (Lipinski definition) is 0. The van der Waals surface area contributed by atoms with Gasteiger partial charge in [0, 0.05) is 53.0 Å². The normalized spacial score (nSPS) is 15.4. The Morgan fingerprint density at radius 1 is 0.456 bits per heavy atom. The summed E-state index contributed by atoms with van der Waals surface area (Å²) in [6.07, 6.45) is 3.63. The number of thiophene rings is 1. The van der Waals surface area contributed by atoms with Gasteiger partial charge in [0.15, 0.2) is 11.6 Å². The molecule has 15 rings (SSSR count). The lowest BCUT2D eigenvalue weighted by molar-refractivity contribution is 0.669. The van der Waals surface area contributed by atoms with Gasteiger partial charge in [0.2, 0.25) is 5.95 Å². The van der Waals surface area contributed by atoms with Crippen LogP contribution >= 0.6 is 11.3 Å². The summed E-state index contributed by atoms with van der Waals surface area (Å²) in [5, 5.41) is 8.55. The van der Waals surface area contributed by atoms with Gasteiger partial charge in [0.25, 0.3) is 0 Å². The Morgan fingerprint density at radius 3 is 1.94 bits per heavy atom. The van der Waals surface area contributed by atoms with Gasteiger partial charge in [-0.2, -0.15) is 9.97 Å². The van der Waals surface area contributed by atoms with Crippen LogP contribution in [0.1, 0.15) is 29.2 Å². The zero-order chi connectivity index (χ0) is 44.5. The van der Waals surface area contributed by atoms with Crippen molar-refractivity contribution in [3.8, 4) is 51.0 Å². The second-order valence-corrected chi connectivity index (χ2v) is 19.4. The lowest BCUT2D eigenvalue weighted by atomic mass is 9.88. The lowest BCUT2D eigenvalue weighted by Gasteiger charge is -2.19. The van der Waals surface area contributed by atoms with Crippen molar-refractivity contribution in [3.05, 3.63) is 223 Å². The van der Waals surface area contributed by atoms with Crippen LogP contribution in [0.3, 0.4) is 0 Å². The van der Waals surface area contributed by atoms with Gasteiger partial charge in [-0.15, -0.1) is 11.3 Å². The van der Waals surface area contributed by atoms with Crippen LogP contribution in [0.25, 0.3) is 120 Å². The van der Waals surface area contributed by atoms with Gasteiger partial charge in [-0.25, -0.2) is 4.98 Å². The molecule has 13 aromatic rings. The number of aromatic nitrogens is 4. The van der Waals surface area contributed by atoms with Gasteiger partial charge in [0.05, 0.1) is 11.2 Å². The predicted octanol–water partition coefficient (Wildman–Crippen LogP) is 16.5. The number of allylic oxidation sites excluding steroid dienone is 1. The Balaban J connectivity index is 0.917. The van der Waals surface area contributed by atoms with E-state index in [0.717, 1.165) is 50.7 Å². The molecule has 68 heavy (non-hydrogen) atoms. The van der Waals surface area contributed by atoms with Crippen LogP contribution in [0, 0.1) is 5.92 Å². The Kier molecular flexibility index (Phi) is 8.06. The van der Waals surface area contributed by atoms with E-state index in [-0.39, 0.29) is 0 Å². The molecule has 1 saturated carbocycles. The molecule has 2 atom stereocenters. The van der Waals surface area contributed by atoms with Crippen LogP contribution in [-0.2, 0) is 0 Å². The van der Waals surface area contributed by atoms with E-state index in [4.69, 9.17) is 19.4 Å². The van der Waals surface area contributed by atoms with E-state index in [1.165, 1.54) is 75.3 Å². The standard InChI is InChI=1S/C62H38N4OS/c1-2-13-37(14-3-1)60-63-61(43-25-27-47-46-20-6-8-22-53(46)67-54(47)34-43)65-62(64-60)66-52-29-26-36-12-4-5-19-45(36)57(52)58-50-32-44(50)33-51(59(58)66)42-18-11-17-40(31-42)38-15-10-16-39(30-38)41-24-28-49-48-21-7-9-23-55(48)68-56(49)35-41/h1-31,33-35,44,50H,32H2. The zero-order valence-electron chi connectivity index (χ0n) is 36.6. The molecule has 1 fully saturated rings. The molecule has 9 aromatic carbocycles. The smallest absolute Gasteiger partial charge is 0.238 e. The molecule has 6 heteroatoms. The Hall–Kier alpha value is -8.45. The van der Waals surface area contributed by atoms with E-state index >= 15 is 0 Å². The summed E-state index contributed by atoms with van der Waals surface area (Å²) in [5.74, 6) is 2.66. The Morgan fingerprint density at radius 2 is 1.09 bits per heavy atom. The summed E-state index contributed by atoms with van der Waals surface area (Å²) in [6.45, 7) is 0. The maximum atomic E-state index is 6.40. The summed E-state index contributed by atoms with van der Waals surface area (Å²) >= 11 is 1.86. The molecule has 318 valence electrons. The third kappa shape index (κ3) is 5.84. The van der Waals surface area contributed by atoms with Gasteiger partial charge in [-0.1, -0.05) is 158 Å². The predicted molar refractivity (Wildman–Crippen MR) is 280 cm³/mol. The molecule has 0 bridgehead atoms. The van der Waals surface area contributed by atoms with Crippen LogP contribution in [0.15, 0.2) is 211 Å². The average Bonchev–Trinajstić information content (AvgIpc) is 3.76. The van der Waals surface area contributed by atoms with Crippen LogP contribution in [-0.4, -0.2) is 19.5 Å². The third-order valence-corrected chi connectivity index (χ3v) is 15.5. The largest absolute Gasteiger partial charge is 0.456 e. The Labute approximate surface area is 395 Å². The molecule has 0 radical (unpaired) electrons. The first kappa shape index (κ1) is 37.7. The first-order chi connectivity index (χ1) is 33.7. The molecule has 4 heterocycles. The van der Waals surface area contributed by atoms with E-state index in [1.54, 1.807) is 0 Å². The molecule has 2 aliphatic rings. The van der Waals surface area contributed by atoms with Crippen molar-refractivity contribution in [2.24, 2.45) is 5.92 Å². The van der Waals surface area contributed by atoms with Crippen molar-refractivity contribution in [3.63, 3.8) is 0 Å². The van der Waals surface area contributed by atoms with E-state index < -0.39 is 0 Å². The summed E-state index contributed by atoms with van der Waals surface area (Å²) in [4.78, 5) is 16.0. The zero-order valence-corrected chi connectivity index (χ0v) is 37.4. The van der Waals surface area contributed by atoms with E-state index in [0.29, 0.717) is 29.4 Å². The molecule has 0 N–H and O–H groups in total. The number of fused-ring (bicyclic) bond motifs is 13. The van der Waals surface area contributed by atoms with E-state index in [1.807, 2.05) is 41.7 Å². The van der Waals surface area contributed by atoms with Crippen LogP contribution in [0.5, 0.6) is 0 Å². The monoisotopic (exact) mass is 886 g/mol. The lowest BCUT2D eigenvalue weighted by Crippen LogP contribution is -2.11. The molecular weight excluding hydrogens is 849 g/mol. The van der Waals surface area contributed by atoms with Crippen molar-refractivity contribution in [1.29, 1.82) is 0 Å². The second kappa shape index (κ2) is 14.5. The van der Waals surface area contributed by atoms with Crippen LogP contribution in [0.4, 0.5) is 0 Å². The highest BCUT2D eigenvalue weighted by molar-refractivity contribution is 7.25. The van der Waals surface area contributed by atoms with Gasteiger partial charge < -0.3 is 4.42 Å². The van der Waals surface area contributed by atoms with Crippen LogP contribution in [0.2, 0.25) is 0 Å². The minimum absolute atomic E-state index is 0.409. The number of nitrogens with zero attached hydrogens (tertiary/aromatic N) is 4. The third-order valence-electron chi connectivity index (χ3n) is 14.3. The second-order valence-electron chi connectivity index (χ2n) is 18.3. The first-order valence-corrected chi connectivity index (χ1v) is 24.1. The minimum Gasteiger partial charge on any atom is -0.456 e. The molecular formula is C62H38N4OS. The average molecular weight is 887 g/mol. The first-order valence-electron chi connectivity index (χ1n) is 23.3. The fraction of sp³-hybridized carbons (Fsp3) is 0.0484. The number of hydrogen-bond acceptors (Lipinski definition) is 5. The summed E-state index contributed by atoms with van der Waals surface area (Å²) in [5.41, 5.74) is 14.3. The highest BCUT2D eigenvalue weighted by Gasteiger charge is 2.46. The number of rotatable bonds is 6. The highest BCUT2D eigenvalue weighted by Crippen LogP contribution is 2.59. The maximum Gasteiger partial charge on any atom is 0.238 e. The Bertz CT molecular complexity index is 4270. The molecule has 4 aromatic heterocycles. The fourth-order valence-electron chi connectivity index (χ4n) is 11.0. The van der Waals surface area contributed by atoms with E-state index in [2.05, 4.69) is 181 Å². The van der Waals surface area contributed by atoms with Crippen molar-refractivity contribution >= 4 is 80.7 Å². The molecule has 2 unspecified atom stereocenters. The fourth-order valence-corrected chi connectivity index (χ4v) is 12.2. The van der Waals surface area contributed by atoms with E-state index in [9.17, 15) is 0 Å². The van der Waals surface area contributed by atoms with Crippen molar-refractivity contribution in [2.75, 3.05) is 0 Å². The summed E-state index contributed by atoms with van der Waals surface area (Å²) in [7, 11) is 0. The molecule has 5 nitrogen and oxygen atoms in total. The molecule has 2 aliphatic carbocycles. The van der Waals surface area contributed by atoms with Crippen molar-refractivity contribution < 1.29 is 4.42 Å². The number of furan rings is 1. The highest BCUT2D eigenvalue weighted by atomic mass is 32.1. The van der Waals surface area contributed by atoms with Gasteiger partial charge in [0.1, 0.15) is 11.2 Å². The summed E-state index contributed by atoms with van der Waals surface area (Å²) in [6, 6.07) is 71.8. The topological polar surface area (TPSA) is 56.7 Å². The van der Waals surface area contributed by atoms with Gasteiger partial charge in [-0.05, 0) is 111 Å². The summed E-state index contributed by atoms with van der Waals surface area (Å²) < 4.78 is 11.4. The quantitative estimate of drug-likeness (QED) is 0.167. The van der Waals surface area contributed by atoms with Gasteiger partial charge >= 0.3 is 0 Å².